The van der Waals surface area contributed by atoms with Crippen LogP contribution in [-0.4, -0.2) is 49.1 Å². The Hall–Kier alpha value is -2.04. The molecule has 5 nitrogen and oxygen atoms in total. The summed E-state index contributed by atoms with van der Waals surface area (Å²) < 4.78 is 0. The minimum atomic E-state index is -0.804. The Balaban J connectivity index is 1.91. The molecule has 1 aromatic rings. The lowest BCUT2D eigenvalue weighted by Gasteiger charge is -2.17. The van der Waals surface area contributed by atoms with E-state index in [1.165, 1.54) is 0 Å². The molecule has 0 spiro atoms. The van der Waals surface area contributed by atoms with Crippen LogP contribution in [0.1, 0.15) is 18.9 Å². The fourth-order valence-electron chi connectivity index (χ4n) is 2.89. The summed E-state index contributed by atoms with van der Waals surface area (Å²) in [4.78, 5) is 27.1. The molecule has 0 radical (unpaired) electrons. The van der Waals surface area contributed by atoms with Crippen LogP contribution in [0, 0.1) is 11.8 Å². The highest BCUT2D eigenvalue weighted by Crippen LogP contribution is 2.24. The lowest BCUT2D eigenvalue weighted by molar-refractivity contribution is -0.142. The minimum Gasteiger partial charge on any atom is -0.481 e. The number of carboxylic acid groups (broad SMARTS) is 1. The Morgan fingerprint density at radius 2 is 2.05 bits per heavy atom. The summed E-state index contributed by atoms with van der Waals surface area (Å²) in [5.74, 6) is -1.16. The Kier molecular flexibility index (Phi) is 5.06. The maximum absolute atomic E-state index is 12.3. The van der Waals surface area contributed by atoms with Crippen LogP contribution in [0.25, 0.3) is 0 Å². The van der Waals surface area contributed by atoms with Crippen LogP contribution in [-0.2, 0) is 16.0 Å². The van der Waals surface area contributed by atoms with Gasteiger partial charge in [0.05, 0.1) is 5.92 Å². The van der Waals surface area contributed by atoms with E-state index in [2.05, 4.69) is 6.07 Å². The molecule has 1 heterocycles. The predicted molar refractivity (Wildman–Crippen MR) is 86.0 cm³/mol. The number of hydrogen-bond donors (Lipinski definition) is 1. The van der Waals surface area contributed by atoms with Gasteiger partial charge in [0.25, 0.3) is 0 Å². The second-order valence-electron chi connectivity index (χ2n) is 6.29. The van der Waals surface area contributed by atoms with Crippen molar-refractivity contribution < 1.29 is 14.7 Å². The normalized spacial score (nSPS) is 21.0. The number of benzene rings is 1. The molecule has 22 heavy (non-hydrogen) atoms. The molecule has 1 fully saturated rings. The third-order valence-corrected chi connectivity index (χ3v) is 4.34. The molecular formula is C17H24N2O3. The molecule has 0 bridgehead atoms. The number of amides is 1. The average Bonchev–Trinajstić information content (AvgIpc) is 2.87. The van der Waals surface area contributed by atoms with Crippen LogP contribution in [0.4, 0.5) is 5.69 Å². The molecule has 1 N–H and O–H groups in total. The third-order valence-electron chi connectivity index (χ3n) is 4.34. The van der Waals surface area contributed by atoms with Crippen molar-refractivity contribution >= 4 is 17.6 Å². The molecule has 2 atom stereocenters. The standard InChI is InChI=1S/C17H24N2O3/c1-12-10-19(11-15(12)17(21)22)16(20)8-7-13-5-4-6-14(9-13)18(2)3/h4-6,9,12,15H,7-8,10-11H2,1-3H3,(H,21,22)/t12-,15-/m1/s1. The molecule has 5 heteroatoms. The highest BCUT2D eigenvalue weighted by atomic mass is 16.4. The summed E-state index contributed by atoms with van der Waals surface area (Å²) in [6.07, 6.45) is 1.11. The van der Waals surface area contributed by atoms with Gasteiger partial charge in [0, 0.05) is 39.3 Å². The Morgan fingerprint density at radius 1 is 1.32 bits per heavy atom. The van der Waals surface area contributed by atoms with Crippen molar-refractivity contribution in [3.05, 3.63) is 29.8 Å². The monoisotopic (exact) mass is 304 g/mol. The summed E-state index contributed by atoms with van der Waals surface area (Å²) in [7, 11) is 3.98. The van der Waals surface area contributed by atoms with Crippen LogP contribution in [0.2, 0.25) is 0 Å². The van der Waals surface area contributed by atoms with Gasteiger partial charge < -0.3 is 14.9 Å². The van der Waals surface area contributed by atoms with E-state index in [1.807, 2.05) is 44.1 Å². The first kappa shape index (κ1) is 16.3. The van der Waals surface area contributed by atoms with Crippen molar-refractivity contribution in [2.45, 2.75) is 19.8 Å². The van der Waals surface area contributed by atoms with E-state index in [1.54, 1.807) is 4.90 Å². The summed E-state index contributed by atoms with van der Waals surface area (Å²) in [5, 5.41) is 9.13. The van der Waals surface area contributed by atoms with Crippen molar-refractivity contribution in [1.82, 2.24) is 4.90 Å². The van der Waals surface area contributed by atoms with Gasteiger partial charge in [-0.1, -0.05) is 19.1 Å². The zero-order valence-electron chi connectivity index (χ0n) is 13.5. The Bertz CT molecular complexity index is 557. The number of carboxylic acids is 1. The van der Waals surface area contributed by atoms with Crippen molar-refractivity contribution in [3.8, 4) is 0 Å². The quantitative estimate of drug-likeness (QED) is 0.902. The SMILES string of the molecule is C[C@@H]1CN(C(=O)CCc2cccc(N(C)C)c2)C[C@H]1C(=O)O. The number of aliphatic carboxylic acids is 1. The number of nitrogens with zero attached hydrogens (tertiary/aromatic N) is 2. The minimum absolute atomic E-state index is 0.0264. The second-order valence-corrected chi connectivity index (χ2v) is 6.29. The third kappa shape index (κ3) is 3.78. The summed E-state index contributed by atoms with van der Waals surface area (Å²) in [6, 6.07) is 8.13. The van der Waals surface area contributed by atoms with Gasteiger partial charge in [-0.15, -0.1) is 0 Å². The van der Waals surface area contributed by atoms with Gasteiger partial charge in [0.15, 0.2) is 0 Å². The van der Waals surface area contributed by atoms with Crippen molar-refractivity contribution in [2.75, 3.05) is 32.1 Å². The van der Waals surface area contributed by atoms with Crippen LogP contribution < -0.4 is 4.90 Å². The zero-order valence-corrected chi connectivity index (χ0v) is 13.5. The second kappa shape index (κ2) is 6.81. The number of carbonyl (C=O) groups is 2. The average molecular weight is 304 g/mol. The van der Waals surface area contributed by atoms with E-state index >= 15 is 0 Å². The van der Waals surface area contributed by atoms with E-state index in [0.717, 1.165) is 11.3 Å². The van der Waals surface area contributed by atoms with Crippen molar-refractivity contribution in [1.29, 1.82) is 0 Å². The molecular weight excluding hydrogens is 280 g/mol. The summed E-state index contributed by atoms with van der Waals surface area (Å²) in [6.45, 7) is 2.78. The van der Waals surface area contributed by atoms with Gasteiger partial charge in [-0.3, -0.25) is 9.59 Å². The first-order valence-corrected chi connectivity index (χ1v) is 7.65. The van der Waals surface area contributed by atoms with Crippen LogP contribution >= 0.6 is 0 Å². The Morgan fingerprint density at radius 3 is 2.64 bits per heavy atom. The fraction of sp³-hybridized carbons (Fsp3) is 0.529. The Labute approximate surface area is 131 Å². The number of anilines is 1. The smallest absolute Gasteiger partial charge is 0.308 e. The maximum atomic E-state index is 12.3. The number of likely N-dealkylation sites (tertiary alicyclic amines) is 1. The van der Waals surface area contributed by atoms with Gasteiger partial charge >= 0.3 is 5.97 Å². The lowest BCUT2D eigenvalue weighted by atomic mass is 9.99. The molecule has 0 unspecified atom stereocenters. The van der Waals surface area contributed by atoms with E-state index < -0.39 is 11.9 Å². The van der Waals surface area contributed by atoms with Crippen LogP contribution in [0.5, 0.6) is 0 Å². The van der Waals surface area contributed by atoms with Gasteiger partial charge in [-0.25, -0.2) is 0 Å². The molecule has 0 saturated carbocycles. The van der Waals surface area contributed by atoms with Gasteiger partial charge in [-0.2, -0.15) is 0 Å². The van der Waals surface area contributed by atoms with E-state index in [9.17, 15) is 9.59 Å². The molecule has 1 aromatic carbocycles. The van der Waals surface area contributed by atoms with Crippen molar-refractivity contribution in [3.63, 3.8) is 0 Å². The number of rotatable bonds is 5. The summed E-state index contributed by atoms with van der Waals surface area (Å²) >= 11 is 0. The van der Waals surface area contributed by atoms with Crippen LogP contribution in [0.3, 0.4) is 0 Å². The molecule has 2 rings (SSSR count). The van der Waals surface area contributed by atoms with Gasteiger partial charge in [0.1, 0.15) is 0 Å². The van der Waals surface area contributed by atoms with Gasteiger partial charge in [0.2, 0.25) is 5.91 Å². The first-order chi connectivity index (χ1) is 10.4. The first-order valence-electron chi connectivity index (χ1n) is 7.65. The predicted octanol–water partition coefficient (Wildman–Crippen LogP) is 1.86. The highest BCUT2D eigenvalue weighted by molar-refractivity contribution is 5.79. The topological polar surface area (TPSA) is 60.9 Å². The summed E-state index contributed by atoms with van der Waals surface area (Å²) in [5.41, 5.74) is 2.24. The van der Waals surface area contributed by atoms with Gasteiger partial charge in [-0.05, 0) is 30.0 Å². The molecule has 0 aliphatic carbocycles. The molecule has 1 aliphatic heterocycles. The molecule has 1 aliphatic rings. The van der Waals surface area contributed by atoms with E-state index in [4.69, 9.17) is 5.11 Å². The zero-order chi connectivity index (χ0) is 16.3. The molecule has 1 amide bonds. The van der Waals surface area contributed by atoms with Crippen LogP contribution in [0.15, 0.2) is 24.3 Å². The van der Waals surface area contributed by atoms with E-state index in [-0.39, 0.29) is 11.8 Å². The maximum Gasteiger partial charge on any atom is 0.308 e. The van der Waals surface area contributed by atoms with Crippen molar-refractivity contribution in [2.24, 2.45) is 11.8 Å². The molecule has 0 aromatic heterocycles. The number of aryl methyl sites for hydroxylation is 1. The largest absolute Gasteiger partial charge is 0.481 e. The highest BCUT2D eigenvalue weighted by Gasteiger charge is 2.36. The molecule has 1 saturated heterocycles. The number of carbonyl (C=O) groups excluding carboxylic acids is 1. The molecule has 120 valence electrons. The van der Waals surface area contributed by atoms with E-state index in [0.29, 0.717) is 25.9 Å². The number of hydrogen-bond acceptors (Lipinski definition) is 3. The fourth-order valence-corrected chi connectivity index (χ4v) is 2.89. The lowest BCUT2D eigenvalue weighted by Crippen LogP contribution is -2.30.